The Balaban J connectivity index is 1.32. The summed E-state index contributed by atoms with van der Waals surface area (Å²) in [5.41, 5.74) is 2.15. The van der Waals surface area contributed by atoms with Gasteiger partial charge in [-0.05, 0) is 49.9 Å². The third-order valence-corrected chi connectivity index (χ3v) is 8.05. The fourth-order valence-corrected chi connectivity index (χ4v) is 5.29. The molecule has 8 nitrogen and oxygen atoms in total. The van der Waals surface area contributed by atoms with Crippen molar-refractivity contribution in [2.24, 2.45) is 10.6 Å². The smallest absolute Gasteiger partial charge is 0.253 e. The Kier molecular flexibility index (Phi) is 3.37. The minimum absolute atomic E-state index is 0.0597. The molecule has 1 saturated heterocycles. The van der Waals surface area contributed by atoms with Crippen LogP contribution in [-0.4, -0.2) is 47.3 Å². The molecule has 3 aliphatic rings. The van der Waals surface area contributed by atoms with E-state index in [1.807, 2.05) is 4.90 Å². The number of hydrogen-bond donors (Lipinski definition) is 1. The van der Waals surface area contributed by atoms with E-state index in [0.717, 1.165) is 18.8 Å². The van der Waals surface area contributed by atoms with Crippen molar-refractivity contribution >= 4 is 15.9 Å². The molecule has 27 heavy (non-hydrogen) atoms. The Bertz CT molecular complexity index is 1010. The predicted octanol–water partition coefficient (Wildman–Crippen LogP) is 1.17. The molecule has 9 heteroatoms. The van der Waals surface area contributed by atoms with Gasteiger partial charge in [-0.3, -0.25) is 4.79 Å². The van der Waals surface area contributed by atoms with Gasteiger partial charge in [-0.15, -0.1) is 5.10 Å². The maximum Gasteiger partial charge on any atom is 0.253 e. The Hall–Kier alpha value is -2.26. The lowest BCUT2D eigenvalue weighted by molar-refractivity contribution is -0.0426. The molecule has 2 aliphatic carbocycles. The van der Waals surface area contributed by atoms with Crippen molar-refractivity contribution in [1.82, 2.24) is 19.9 Å². The highest BCUT2D eigenvalue weighted by atomic mass is 32.2. The second-order valence-corrected chi connectivity index (χ2v) is 10.0. The minimum Gasteiger partial charge on any atom is -0.337 e. The van der Waals surface area contributed by atoms with Gasteiger partial charge < -0.3 is 4.90 Å². The predicted molar refractivity (Wildman–Crippen MR) is 97.6 cm³/mol. The van der Waals surface area contributed by atoms with Crippen LogP contribution in [0.15, 0.2) is 30.5 Å². The lowest BCUT2D eigenvalue weighted by Crippen LogP contribution is -2.61. The quantitative estimate of drug-likeness (QED) is 0.846. The van der Waals surface area contributed by atoms with E-state index in [-0.39, 0.29) is 5.91 Å². The number of aromatic nitrogens is 3. The van der Waals surface area contributed by atoms with Gasteiger partial charge in [-0.1, -0.05) is 11.6 Å². The first kappa shape index (κ1) is 16.9. The number of carbonyl (C=O) groups is 1. The van der Waals surface area contributed by atoms with Crippen LogP contribution in [0.25, 0.3) is 5.69 Å². The average molecular weight is 387 g/mol. The van der Waals surface area contributed by atoms with Crippen molar-refractivity contribution in [3.8, 4) is 5.69 Å². The van der Waals surface area contributed by atoms with Crippen molar-refractivity contribution in [1.29, 1.82) is 0 Å². The zero-order chi connectivity index (χ0) is 18.9. The van der Waals surface area contributed by atoms with Crippen molar-refractivity contribution in [2.75, 3.05) is 13.1 Å². The Morgan fingerprint density at radius 2 is 1.74 bits per heavy atom. The molecular formula is C18H21N5O3S. The number of hydrogen-bond acceptors (Lipinski definition) is 5. The summed E-state index contributed by atoms with van der Waals surface area (Å²) in [5, 5.41) is 13.4. The Labute approximate surface area is 157 Å². The molecule has 0 atom stereocenters. The standard InChI is InChI=1S/C18H21N5O3S/c19-27(25,26)18(8-9-18)15-10-23(21-20-15)14-4-2-13(3-5-14)16(24)22-11-17(12-22)6-1-7-17/h2-5,10H,1,6-9,11-12H2,(H2,19,25,26). The number of rotatable bonds is 4. The lowest BCUT2D eigenvalue weighted by atomic mass is 9.63. The van der Waals surface area contributed by atoms with E-state index in [0.29, 0.717) is 29.5 Å². The highest BCUT2D eigenvalue weighted by molar-refractivity contribution is 7.90. The molecule has 1 aromatic heterocycles. The molecule has 0 unspecified atom stereocenters. The lowest BCUT2D eigenvalue weighted by Gasteiger charge is -2.55. The number of carbonyl (C=O) groups excluding carboxylic acids is 1. The normalized spacial score (nSPS) is 22.2. The molecular weight excluding hydrogens is 366 g/mol. The van der Waals surface area contributed by atoms with Gasteiger partial charge in [0.15, 0.2) is 0 Å². The minimum atomic E-state index is -3.71. The Morgan fingerprint density at radius 3 is 2.26 bits per heavy atom. The number of amides is 1. The highest BCUT2D eigenvalue weighted by Gasteiger charge is 2.56. The maximum absolute atomic E-state index is 12.6. The third kappa shape index (κ3) is 2.52. The molecule has 2 heterocycles. The first-order valence-electron chi connectivity index (χ1n) is 9.17. The summed E-state index contributed by atoms with van der Waals surface area (Å²) in [6.07, 6.45) is 6.30. The van der Waals surface area contributed by atoms with Crippen LogP contribution >= 0.6 is 0 Å². The molecule has 1 amide bonds. The summed E-state index contributed by atoms with van der Waals surface area (Å²) < 4.78 is 24.0. The molecule has 3 fully saturated rings. The largest absolute Gasteiger partial charge is 0.337 e. The molecule has 0 bridgehead atoms. The van der Waals surface area contributed by atoms with Crippen LogP contribution in [0.3, 0.4) is 0 Å². The molecule has 0 radical (unpaired) electrons. The molecule has 2 aromatic rings. The SMILES string of the molecule is NS(=O)(=O)C1(c2cn(-c3ccc(C(=O)N4CC5(CCC5)C4)cc3)nn2)CC1. The molecule has 1 spiro atoms. The van der Waals surface area contributed by atoms with Gasteiger partial charge in [0.05, 0.1) is 11.9 Å². The summed E-state index contributed by atoms with van der Waals surface area (Å²) in [7, 11) is -3.71. The summed E-state index contributed by atoms with van der Waals surface area (Å²) in [5.74, 6) is 0.0597. The molecule has 2 saturated carbocycles. The van der Waals surface area contributed by atoms with E-state index in [9.17, 15) is 13.2 Å². The van der Waals surface area contributed by atoms with Gasteiger partial charge in [0.2, 0.25) is 10.0 Å². The van der Waals surface area contributed by atoms with Gasteiger partial charge in [-0.25, -0.2) is 18.2 Å². The van der Waals surface area contributed by atoms with E-state index < -0.39 is 14.8 Å². The summed E-state index contributed by atoms with van der Waals surface area (Å²) in [4.78, 5) is 14.5. The Morgan fingerprint density at radius 1 is 1.07 bits per heavy atom. The summed E-state index contributed by atoms with van der Waals surface area (Å²) >= 11 is 0. The van der Waals surface area contributed by atoms with E-state index in [2.05, 4.69) is 10.3 Å². The van der Waals surface area contributed by atoms with Crippen molar-refractivity contribution < 1.29 is 13.2 Å². The summed E-state index contributed by atoms with van der Waals surface area (Å²) in [6, 6.07) is 7.14. The van der Waals surface area contributed by atoms with Crippen molar-refractivity contribution in [3.05, 3.63) is 41.7 Å². The molecule has 5 rings (SSSR count). The number of primary sulfonamides is 1. The monoisotopic (exact) mass is 387 g/mol. The zero-order valence-corrected chi connectivity index (χ0v) is 15.7. The number of sulfonamides is 1. The van der Waals surface area contributed by atoms with Gasteiger partial charge in [0.25, 0.3) is 5.91 Å². The van der Waals surface area contributed by atoms with Crippen LogP contribution in [0.5, 0.6) is 0 Å². The second kappa shape index (κ2) is 5.39. The average Bonchev–Trinajstić information content (AvgIpc) is 3.24. The van der Waals surface area contributed by atoms with E-state index in [1.165, 1.54) is 23.9 Å². The second-order valence-electron chi connectivity index (χ2n) is 8.15. The number of nitrogens with two attached hydrogens (primary N) is 1. The fraction of sp³-hybridized carbons (Fsp3) is 0.500. The van der Waals surface area contributed by atoms with Crippen molar-refractivity contribution in [2.45, 2.75) is 36.9 Å². The van der Waals surface area contributed by atoms with E-state index >= 15 is 0 Å². The van der Waals surface area contributed by atoms with Crippen molar-refractivity contribution in [3.63, 3.8) is 0 Å². The van der Waals surface area contributed by atoms with E-state index in [4.69, 9.17) is 5.14 Å². The first-order chi connectivity index (χ1) is 12.8. The van der Waals surface area contributed by atoms with Gasteiger partial charge >= 0.3 is 0 Å². The first-order valence-corrected chi connectivity index (χ1v) is 10.7. The van der Waals surface area contributed by atoms with Crippen LogP contribution in [-0.2, 0) is 14.8 Å². The molecule has 1 aliphatic heterocycles. The molecule has 2 N–H and O–H groups in total. The topological polar surface area (TPSA) is 111 Å². The maximum atomic E-state index is 12.6. The van der Waals surface area contributed by atoms with Crippen LogP contribution in [0.4, 0.5) is 0 Å². The van der Waals surface area contributed by atoms with Crippen LogP contribution in [0.2, 0.25) is 0 Å². The molecule has 142 valence electrons. The molecule has 1 aromatic carbocycles. The van der Waals surface area contributed by atoms with Gasteiger partial charge in [-0.2, -0.15) is 0 Å². The zero-order valence-electron chi connectivity index (χ0n) is 14.8. The van der Waals surface area contributed by atoms with Gasteiger partial charge in [0.1, 0.15) is 10.4 Å². The fourth-order valence-electron chi connectivity index (χ4n) is 4.24. The third-order valence-electron chi connectivity index (χ3n) is 6.34. The van der Waals surface area contributed by atoms with Crippen LogP contribution in [0.1, 0.15) is 48.2 Å². The van der Waals surface area contributed by atoms with E-state index in [1.54, 1.807) is 30.5 Å². The van der Waals surface area contributed by atoms with Gasteiger partial charge in [0, 0.05) is 24.1 Å². The summed E-state index contributed by atoms with van der Waals surface area (Å²) in [6.45, 7) is 1.74. The highest BCUT2D eigenvalue weighted by Crippen LogP contribution is 2.50. The van der Waals surface area contributed by atoms with Crippen LogP contribution < -0.4 is 5.14 Å². The number of nitrogens with zero attached hydrogens (tertiary/aromatic N) is 4. The van der Waals surface area contributed by atoms with Crippen LogP contribution in [0, 0.1) is 5.41 Å². The number of benzene rings is 1. The number of likely N-dealkylation sites (tertiary alicyclic amines) is 1.